The molecule has 0 saturated carbocycles. The van der Waals surface area contributed by atoms with E-state index in [0.29, 0.717) is 0 Å². The van der Waals surface area contributed by atoms with E-state index in [0.717, 1.165) is 72.2 Å². The summed E-state index contributed by atoms with van der Waals surface area (Å²) in [5.41, 5.74) is 0.195. The van der Waals surface area contributed by atoms with Gasteiger partial charge < -0.3 is 14.8 Å². The van der Waals surface area contributed by atoms with Crippen molar-refractivity contribution in [1.82, 2.24) is 15.1 Å². The fourth-order valence-corrected chi connectivity index (χ4v) is 2.86. The average molecular weight is 301 g/mol. The molecule has 5 nitrogen and oxygen atoms in total. The van der Waals surface area contributed by atoms with Gasteiger partial charge in [0.15, 0.2) is 0 Å². The van der Waals surface area contributed by atoms with E-state index in [1.165, 1.54) is 0 Å². The number of rotatable bonds is 11. The van der Waals surface area contributed by atoms with E-state index in [9.17, 15) is 0 Å². The summed E-state index contributed by atoms with van der Waals surface area (Å²) in [5, 5.41) is 3.43. The van der Waals surface area contributed by atoms with Crippen LogP contribution in [0.25, 0.3) is 0 Å². The quantitative estimate of drug-likeness (QED) is 0.577. The number of piperazine rings is 1. The highest BCUT2D eigenvalue weighted by Crippen LogP contribution is 2.16. The Balaban J connectivity index is 2.46. The standard InChI is InChI=1S/C16H35N3O2/c1-5-20-13-11-18(12-14-21-6-2)15-16(3,4)19-9-7-17-8-10-19/h17H,5-15H2,1-4H3. The molecule has 21 heavy (non-hydrogen) atoms. The molecule has 1 aliphatic heterocycles. The van der Waals surface area contributed by atoms with Crippen LogP contribution in [0.4, 0.5) is 0 Å². The summed E-state index contributed by atoms with van der Waals surface area (Å²) in [6.45, 7) is 19.5. The number of ether oxygens (including phenoxy) is 2. The second-order valence-electron chi connectivity index (χ2n) is 6.22. The maximum Gasteiger partial charge on any atom is 0.0593 e. The van der Waals surface area contributed by atoms with Crippen LogP contribution in [0.15, 0.2) is 0 Å². The zero-order valence-corrected chi connectivity index (χ0v) is 14.5. The van der Waals surface area contributed by atoms with E-state index in [1.54, 1.807) is 0 Å². The van der Waals surface area contributed by atoms with Gasteiger partial charge in [0.1, 0.15) is 0 Å². The summed E-state index contributed by atoms with van der Waals surface area (Å²) < 4.78 is 11.0. The first kappa shape index (κ1) is 18.8. The van der Waals surface area contributed by atoms with Crippen LogP contribution in [0.3, 0.4) is 0 Å². The SMILES string of the molecule is CCOCCN(CCOCC)CC(C)(C)N1CCNCC1. The van der Waals surface area contributed by atoms with Gasteiger partial charge in [0.05, 0.1) is 13.2 Å². The third kappa shape index (κ3) is 7.56. The van der Waals surface area contributed by atoms with Gasteiger partial charge in [-0.15, -0.1) is 0 Å². The average Bonchev–Trinajstić information content (AvgIpc) is 2.48. The monoisotopic (exact) mass is 301 g/mol. The summed E-state index contributed by atoms with van der Waals surface area (Å²) in [6.07, 6.45) is 0. The van der Waals surface area contributed by atoms with Crippen LogP contribution in [-0.4, -0.2) is 87.6 Å². The van der Waals surface area contributed by atoms with Gasteiger partial charge in [0, 0.05) is 64.6 Å². The molecule has 1 saturated heterocycles. The first-order valence-electron chi connectivity index (χ1n) is 8.43. The molecule has 1 fully saturated rings. The van der Waals surface area contributed by atoms with Crippen LogP contribution in [0.1, 0.15) is 27.7 Å². The summed E-state index contributed by atoms with van der Waals surface area (Å²) in [4.78, 5) is 5.07. The van der Waals surface area contributed by atoms with Gasteiger partial charge in [-0.2, -0.15) is 0 Å². The Bertz CT molecular complexity index is 246. The molecule has 0 atom stereocenters. The van der Waals surface area contributed by atoms with Crippen molar-refractivity contribution in [2.75, 3.05) is 72.2 Å². The third-order valence-corrected chi connectivity index (χ3v) is 4.10. The van der Waals surface area contributed by atoms with Gasteiger partial charge in [-0.1, -0.05) is 0 Å². The van der Waals surface area contributed by atoms with Crippen molar-refractivity contribution >= 4 is 0 Å². The number of hydrogen-bond acceptors (Lipinski definition) is 5. The lowest BCUT2D eigenvalue weighted by Gasteiger charge is -2.44. The molecule has 0 radical (unpaired) electrons. The smallest absolute Gasteiger partial charge is 0.0593 e. The normalized spacial score (nSPS) is 17.6. The number of nitrogens with one attached hydrogen (secondary N) is 1. The van der Waals surface area contributed by atoms with Crippen molar-refractivity contribution in [2.45, 2.75) is 33.2 Å². The second-order valence-corrected chi connectivity index (χ2v) is 6.22. The van der Waals surface area contributed by atoms with Crippen molar-refractivity contribution in [3.63, 3.8) is 0 Å². The molecule has 0 aliphatic carbocycles. The number of nitrogens with zero attached hydrogens (tertiary/aromatic N) is 2. The number of hydrogen-bond donors (Lipinski definition) is 1. The van der Waals surface area contributed by atoms with Crippen LogP contribution in [0, 0.1) is 0 Å². The molecule has 0 aromatic rings. The Morgan fingerprint density at radius 2 is 1.52 bits per heavy atom. The maximum atomic E-state index is 5.52. The Kier molecular flexibility index (Phi) is 9.44. The first-order chi connectivity index (χ1) is 10.1. The van der Waals surface area contributed by atoms with Gasteiger partial charge in [0.25, 0.3) is 0 Å². The molecule has 1 heterocycles. The Morgan fingerprint density at radius 1 is 1.00 bits per heavy atom. The Hall–Kier alpha value is -0.200. The molecule has 5 heteroatoms. The Morgan fingerprint density at radius 3 is 2.00 bits per heavy atom. The molecule has 1 N–H and O–H groups in total. The van der Waals surface area contributed by atoms with Crippen LogP contribution < -0.4 is 5.32 Å². The first-order valence-corrected chi connectivity index (χ1v) is 8.43. The van der Waals surface area contributed by atoms with Gasteiger partial charge in [0.2, 0.25) is 0 Å². The topological polar surface area (TPSA) is 37.0 Å². The van der Waals surface area contributed by atoms with Crippen LogP contribution in [-0.2, 0) is 9.47 Å². The Labute approximate surface area is 131 Å². The van der Waals surface area contributed by atoms with Gasteiger partial charge in [-0.3, -0.25) is 9.80 Å². The molecule has 0 aromatic heterocycles. The molecule has 0 aromatic carbocycles. The van der Waals surface area contributed by atoms with Crippen molar-refractivity contribution in [1.29, 1.82) is 0 Å². The maximum absolute atomic E-state index is 5.52. The fourth-order valence-electron chi connectivity index (χ4n) is 2.86. The molecule has 126 valence electrons. The highest BCUT2D eigenvalue weighted by Gasteiger charge is 2.29. The molecule has 0 bridgehead atoms. The molecule has 0 amide bonds. The van der Waals surface area contributed by atoms with E-state index in [4.69, 9.17) is 9.47 Å². The fraction of sp³-hybridized carbons (Fsp3) is 1.00. The van der Waals surface area contributed by atoms with E-state index < -0.39 is 0 Å². The second kappa shape index (κ2) is 10.5. The highest BCUT2D eigenvalue weighted by molar-refractivity contribution is 4.87. The largest absolute Gasteiger partial charge is 0.380 e. The van der Waals surface area contributed by atoms with E-state index >= 15 is 0 Å². The zero-order chi connectivity index (χ0) is 15.6. The summed E-state index contributed by atoms with van der Waals surface area (Å²) in [6, 6.07) is 0. The molecule has 0 unspecified atom stereocenters. The van der Waals surface area contributed by atoms with Crippen LogP contribution >= 0.6 is 0 Å². The predicted octanol–water partition coefficient (Wildman–Crippen LogP) is 1.05. The van der Waals surface area contributed by atoms with Crippen LogP contribution in [0.2, 0.25) is 0 Å². The zero-order valence-electron chi connectivity index (χ0n) is 14.5. The molecular formula is C16H35N3O2. The van der Waals surface area contributed by atoms with Crippen molar-refractivity contribution in [3.05, 3.63) is 0 Å². The van der Waals surface area contributed by atoms with Crippen molar-refractivity contribution in [2.24, 2.45) is 0 Å². The van der Waals surface area contributed by atoms with E-state index in [-0.39, 0.29) is 5.54 Å². The molecule has 0 spiro atoms. The van der Waals surface area contributed by atoms with E-state index in [2.05, 4.69) is 42.8 Å². The van der Waals surface area contributed by atoms with Gasteiger partial charge in [-0.25, -0.2) is 0 Å². The lowest BCUT2D eigenvalue weighted by Crippen LogP contribution is -2.58. The minimum absolute atomic E-state index is 0.195. The van der Waals surface area contributed by atoms with Crippen molar-refractivity contribution < 1.29 is 9.47 Å². The third-order valence-electron chi connectivity index (χ3n) is 4.10. The minimum Gasteiger partial charge on any atom is -0.380 e. The molecule has 1 rings (SSSR count). The summed E-state index contributed by atoms with van der Waals surface area (Å²) in [5.74, 6) is 0. The summed E-state index contributed by atoms with van der Waals surface area (Å²) >= 11 is 0. The predicted molar refractivity (Wildman–Crippen MR) is 87.9 cm³/mol. The summed E-state index contributed by atoms with van der Waals surface area (Å²) in [7, 11) is 0. The van der Waals surface area contributed by atoms with Crippen LogP contribution in [0.5, 0.6) is 0 Å². The van der Waals surface area contributed by atoms with E-state index in [1.807, 2.05) is 0 Å². The van der Waals surface area contributed by atoms with Gasteiger partial charge in [-0.05, 0) is 27.7 Å². The minimum atomic E-state index is 0.195. The van der Waals surface area contributed by atoms with Gasteiger partial charge >= 0.3 is 0 Å². The molecular weight excluding hydrogens is 266 g/mol. The lowest BCUT2D eigenvalue weighted by molar-refractivity contribution is 0.0324. The molecule has 1 aliphatic rings. The van der Waals surface area contributed by atoms with Crippen molar-refractivity contribution in [3.8, 4) is 0 Å². The lowest BCUT2D eigenvalue weighted by atomic mass is 10.0. The highest BCUT2D eigenvalue weighted by atomic mass is 16.5.